The van der Waals surface area contributed by atoms with Crippen molar-refractivity contribution in [2.45, 2.75) is 17.9 Å². The average molecular weight is 345 g/mol. The van der Waals surface area contributed by atoms with Crippen molar-refractivity contribution in [3.8, 4) is 0 Å². The topological polar surface area (TPSA) is 72.2 Å². The van der Waals surface area contributed by atoms with Crippen LogP contribution >= 0.6 is 23.2 Å². The van der Waals surface area contributed by atoms with Crippen LogP contribution in [0.15, 0.2) is 47.4 Å². The van der Waals surface area contributed by atoms with E-state index in [1.165, 1.54) is 12.1 Å². The van der Waals surface area contributed by atoms with Gasteiger partial charge in [0.1, 0.15) is 0 Å². The van der Waals surface area contributed by atoms with Crippen molar-refractivity contribution in [1.82, 2.24) is 0 Å². The summed E-state index contributed by atoms with van der Waals surface area (Å²) < 4.78 is 22.7. The fraction of sp³-hybridized carbons (Fsp3) is 0.143. The van der Waals surface area contributed by atoms with Gasteiger partial charge in [-0.2, -0.15) is 0 Å². The third kappa shape index (κ3) is 3.89. The Kier molecular flexibility index (Phi) is 4.78. The molecular formula is C14H14Cl2N2O2S. The summed E-state index contributed by atoms with van der Waals surface area (Å²) in [6.07, 6.45) is 0. The van der Waals surface area contributed by atoms with Crippen LogP contribution in [0.25, 0.3) is 0 Å². The van der Waals surface area contributed by atoms with E-state index < -0.39 is 10.0 Å². The summed E-state index contributed by atoms with van der Waals surface area (Å²) >= 11 is 12.2. The lowest BCUT2D eigenvalue weighted by Crippen LogP contribution is -2.13. The van der Waals surface area contributed by atoms with Gasteiger partial charge in [-0.1, -0.05) is 41.4 Å². The number of hydrogen-bond donors (Lipinski definition) is 2. The summed E-state index contributed by atoms with van der Waals surface area (Å²) in [6.45, 7) is 1.90. The molecule has 0 aromatic heterocycles. The standard InChI is InChI=1S/C14H14Cl2N2O2S/c1-9(12-6-3-7-13(15)14(12)16)18-10-4-2-5-11(8-10)21(17,19)20/h2-9,18H,1H3,(H2,17,19,20). The van der Waals surface area contributed by atoms with E-state index in [9.17, 15) is 8.42 Å². The molecule has 112 valence electrons. The number of halogens is 2. The molecule has 0 saturated carbocycles. The van der Waals surface area contributed by atoms with Crippen LogP contribution in [-0.4, -0.2) is 8.42 Å². The molecule has 2 rings (SSSR count). The maximum absolute atomic E-state index is 11.4. The van der Waals surface area contributed by atoms with Crippen LogP contribution in [0.1, 0.15) is 18.5 Å². The lowest BCUT2D eigenvalue weighted by atomic mass is 10.1. The highest BCUT2D eigenvalue weighted by Gasteiger charge is 2.13. The second-order valence-corrected chi connectivity index (χ2v) is 6.93. The highest BCUT2D eigenvalue weighted by atomic mass is 35.5. The summed E-state index contributed by atoms with van der Waals surface area (Å²) in [4.78, 5) is 0.0527. The van der Waals surface area contributed by atoms with Crippen molar-refractivity contribution < 1.29 is 8.42 Å². The van der Waals surface area contributed by atoms with Gasteiger partial charge >= 0.3 is 0 Å². The molecule has 4 nitrogen and oxygen atoms in total. The van der Waals surface area contributed by atoms with E-state index in [-0.39, 0.29) is 10.9 Å². The zero-order valence-corrected chi connectivity index (χ0v) is 13.5. The molecule has 0 bridgehead atoms. The molecule has 0 fully saturated rings. The van der Waals surface area contributed by atoms with Crippen molar-refractivity contribution in [3.05, 3.63) is 58.1 Å². The fourth-order valence-corrected chi connectivity index (χ4v) is 2.98. The van der Waals surface area contributed by atoms with Crippen LogP contribution in [0.5, 0.6) is 0 Å². The molecule has 1 unspecified atom stereocenters. The van der Waals surface area contributed by atoms with E-state index in [1.54, 1.807) is 18.2 Å². The Bertz CT molecular complexity index is 763. The molecular weight excluding hydrogens is 331 g/mol. The maximum Gasteiger partial charge on any atom is 0.238 e. The molecule has 0 amide bonds. The van der Waals surface area contributed by atoms with Crippen molar-refractivity contribution in [2.24, 2.45) is 5.14 Å². The molecule has 1 atom stereocenters. The smallest absolute Gasteiger partial charge is 0.238 e. The number of anilines is 1. The van der Waals surface area contributed by atoms with Gasteiger partial charge in [0.15, 0.2) is 0 Å². The van der Waals surface area contributed by atoms with Crippen LogP contribution < -0.4 is 10.5 Å². The summed E-state index contributed by atoms with van der Waals surface area (Å²) in [7, 11) is -3.73. The number of nitrogens with two attached hydrogens (primary N) is 1. The largest absolute Gasteiger partial charge is 0.378 e. The Labute approximate surface area is 133 Å². The number of benzene rings is 2. The van der Waals surface area contributed by atoms with Crippen LogP contribution in [-0.2, 0) is 10.0 Å². The fourth-order valence-electron chi connectivity index (χ4n) is 1.95. The summed E-state index contributed by atoms with van der Waals surface area (Å²) in [5.74, 6) is 0. The summed E-state index contributed by atoms with van der Waals surface area (Å²) in [6, 6.07) is 11.5. The Morgan fingerprint density at radius 3 is 2.48 bits per heavy atom. The Morgan fingerprint density at radius 1 is 1.14 bits per heavy atom. The molecule has 0 aliphatic heterocycles. The molecule has 0 heterocycles. The molecule has 3 N–H and O–H groups in total. The zero-order chi connectivity index (χ0) is 15.6. The molecule has 2 aromatic carbocycles. The highest BCUT2D eigenvalue weighted by molar-refractivity contribution is 7.89. The van der Waals surface area contributed by atoms with E-state index in [0.29, 0.717) is 15.7 Å². The Balaban J connectivity index is 2.28. The van der Waals surface area contributed by atoms with Gasteiger partial charge < -0.3 is 5.32 Å². The molecule has 21 heavy (non-hydrogen) atoms. The van der Waals surface area contributed by atoms with E-state index in [0.717, 1.165) is 5.56 Å². The molecule has 0 aliphatic carbocycles. The van der Waals surface area contributed by atoms with Crippen LogP contribution in [0.3, 0.4) is 0 Å². The van der Waals surface area contributed by atoms with Crippen LogP contribution in [0, 0.1) is 0 Å². The summed E-state index contributed by atoms with van der Waals surface area (Å²) in [5.41, 5.74) is 1.45. The van der Waals surface area contributed by atoms with Gasteiger partial charge in [-0.15, -0.1) is 0 Å². The Hall–Kier alpha value is -1.27. The van der Waals surface area contributed by atoms with Gasteiger partial charge in [-0.3, -0.25) is 0 Å². The number of primary sulfonamides is 1. The minimum atomic E-state index is -3.73. The molecule has 0 aliphatic rings. The van der Waals surface area contributed by atoms with E-state index >= 15 is 0 Å². The first-order chi connectivity index (χ1) is 9.79. The molecule has 0 saturated heterocycles. The highest BCUT2D eigenvalue weighted by Crippen LogP contribution is 2.31. The average Bonchev–Trinajstić information content (AvgIpc) is 2.41. The number of rotatable bonds is 4. The van der Waals surface area contributed by atoms with Gasteiger partial charge in [0.25, 0.3) is 0 Å². The van der Waals surface area contributed by atoms with Gasteiger partial charge in [0.2, 0.25) is 10.0 Å². The minimum Gasteiger partial charge on any atom is -0.378 e. The normalized spacial score (nSPS) is 13.0. The lowest BCUT2D eigenvalue weighted by Gasteiger charge is -2.18. The second-order valence-electron chi connectivity index (χ2n) is 4.58. The van der Waals surface area contributed by atoms with Crippen LogP contribution in [0.4, 0.5) is 5.69 Å². The predicted molar refractivity (Wildman–Crippen MR) is 86.3 cm³/mol. The Morgan fingerprint density at radius 2 is 1.81 bits per heavy atom. The first kappa shape index (κ1) is 16.1. The first-order valence-electron chi connectivity index (χ1n) is 6.12. The van der Waals surface area contributed by atoms with E-state index in [1.807, 2.05) is 19.1 Å². The van der Waals surface area contributed by atoms with Crippen molar-refractivity contribution in [2.75, 3.05) is 5.32 Å². The van der Waals surface area contributed by atoms with Gasteiger partial charge in [0, 0.05) is 5.69 Å². The van der Waals surface area contributed by atoms with Gasteiger partial charge in [-0.25, -0.2) is 13.6 Å². The predicted octanol–water partition coefficient (Wildman–Crippen LogP) is 3.81. The third-order valence-electron chi connectivity index (χ3n) is 2.99. The first-order valence-corrected chi connectivity index (χ1v) is 8.42. The number of nitrogens with one attached hydrogen (secondary N) is 1. The SMILES string of the molecule is CC(Nc1cccc(S(N)(=O)=O)c1)c1cccc(Cl)c1Cl. The van der Waals surface area contributed by atoms with E-state index in [4.69, 9.17) is 28.3 Å². The van der Waals surface area contributed by atoms with Crippen molar-refractivity contribution in [3.63, 3.8) is 0 Å². The quantitative estimate of drug-likeness (QED) is 0.885. The molecule has 0 spiro atoms. The molecule has 7 heteroatoms. The zero-order valence-electron chi connectivity index (χ0n) is 11.2. The number of hydrogen-bond acceptors (Lipinski definition) is 3. The maximum atomic E-state index is 11.4. The third-order valence-corrected chi connectivity index (χ3v) is 4.74. The number of sulfonamides is 1. The van der Waals surface area contributed by atoms with E-state index in [2.05, 4.69) is 5.32 Å². The van der Waals surface area contributed by atoms with Gasteiger partial charge in [0.05, 0.1) is 21.0 Å². The summed E-state index contributed by atoms with van der Waals surface area (Å²) in [5, 5.41) is 9.24. The minimum absolute atomic E-state index is 0.0527. The second kappa shape index (κ2) is 6.23. The molecule has 0 radical (unpaired) electrons. The van der Waals surface area contributed by atoms with Crippen molar-refractivity contribution >= 4 is 38.9 Å². The van der Waals surface area contributed by atoms with Gasteiger partial charge in [-0.05, 0) is 36.8 Å². The molecule has 2 aromatic rings. The van der Waals surface area contributed by atoms with Crippen LogP contribution in [0.2, 0.25) is 10.0 Å². The monoisotopic (exact) mass is 344 g/mol. The lowest BCUT2D eigenvalue weighted by molar-refractivity contribution is 0.598. The van der Waals surface area contributed by atoms with Crippen molar-refractivity contribution in [1.29, 1.82) is 0 Å².